The van der Waals surface area contributed by atoms with Crippen LogP contribution in [0.4, 0.5) is 15.8 Å². The summed E-state index contributed by atoms with van der Waals surface area (Å²) in [4.78, 5) is 2.10. The molecule has 0 amide bonds. The van der Waals surface area contributed by atoms with Crippen molar-refractivity contribution in [2.75, 3.05) is 18.5 Å². The van der Waals surface area contributed by atoms with Crippen LogP contribution in [-0.2, 0) is 0 Å². The predicted octanol–water partition coefficient (Wildman–Crippen LogP) is 4.65. The molecule has 0 aliphatic carbocycles. The van der Waals surface area contributed by atoms with Crippen LogP contribution in [0.3, 0.4) is 0 Å². The first-order chi connectivity index (χ1) is 10.1. The van der Waals surface area contributed by atoms with E-state index in [1.807, 2.05) is 13.1 Å². The number of rotatable bonds is 6. The summed E-state index contributed by atoms with van der Waals surface area (Å²) in [6.07, 6.45) is 1.11. The predicted molar refractivity (Wildman–Crippen MR) is 87.6 cm³/mol. The molecule has 1 unspecified atom stereocenters. The smallest absolute Gasteiger partial charge is 0.123 e. The van der Waals surface area contributed by atoms with Crippen molar-refractivity contribution in [3.8, 4) is 0 Å². The first-order valence-electron chi connectivity index (χ1n) is 7.45. The molecule has 2 nitrogen and oxygen atoms in total. The van der Waals surface area contributed by atoms with Crippen molar-refractivity contribution in [1.29, 1.82) is 0 Å². The van der Waals surface area contributed by atoms with Crippen LogP contribution in [-0.4, -0.2) is 13.6 Å². The minimum absolute atomic E-state index is 0.210. The Labute approximate surface area is 126 Å². The summed E-state index contributed by atoms with van der Waals surface area (Å²) in [6.45, 7) is 5.33. The topological polar surface area (TPSA) is 15.3 Å². The van der Waals surface area contributed by atoms with E-state index in [9.17, 15) is 4.39 Å². The van der Waals surface area contributed by atoms with Crippen LogP contribution in [0.2, 0.25) is 0 Å². The number of benzene rings is 2. The second-order valence-corrected chi connectivity index (χ2v) is 5.27. The zero-order chi connectivity index (χ0) is 15.2. The molecule has 0 saturated carbocycles. The lowest BCUT2D eigenvalue weighted by Crippen LogP contribution is -2.22. The minimum atomic E-state index is -0.210. The van der Waals surface area contributed by atoms with Crippen molar-refractivity contribution in [3.63, 3.8) is 0 Å². The molecule has 0 bridgehead atoms. The van der Waals surface area contributed by atoms with Gasteiger partial charge in [0.05, 0.1) is 0 Å². The molecule has 0 fully saturated rings. The van der Waals surface area contributed by atoms with E-state index in [-0.39, 0.29) is 11.9 Å². The number of para-hydroxylation sites is 1. The summed E-state index contributed by atoms with van der Waals surface area (Å²) in [5.41, 5.74) is 3.37. The van der Waals surface area contributed by atoms with Crippen molar-refractivity contribution in [3.05, 3.63) is 59.9 Å². The number of nitrogens with zero attached hydrogens (tertiary/aromatic N) is 1. The van der Waals surface area contributed by atoms with Crippen LogP contribution in [0.25, 0.3) is 0 Å². The van der Waals surface area contributed by atoms with Gasteiger partial charge in [0.15, 0.2) is 0 Å². The molecule has 0 aliphatic heterocycles. The van der Waals surface area contributed by atoms with Crippen molar-refractivity contribution >= 4 is 11.4 Å². The third-order valence-corrected chi connectivity index (χ3v) is 3.68. The fourth-order valence-corrected chi connectivity index (χ4v) is 2.43. The Kier molecular flexibility index (Phi) is 5.34. The van der Waals surface area contributed by atoms with Gasteiger partial charge in [-0.2, -0.15) is 0 Å². The molecule has 0 saturated heterocycles. The van der Waals surface area contributed by atoms with Crippen LogP contribution < -0.4 is 10.2 Å². The van der Waals surface area contributed by atoms with E-state index < -0.39 is 0 Å². The van der Waals surface area contributed by atoms with Crippen LogP contribution in [0, 0.1) is 5.82 Å². The first-order valence-corrected chi connectivity index (χ1v) is 7.45. The largest absolute Gasteiger partial charge is 0.344 e. The highest BCUT2D eigenvalue weighted by Crippen LogP contribution is 2.30. The van der Waals surface area contributed by atoms with Gasteiger partial charge in [0.2, 0.25) is 0 Å². The Morgan fingerprint density at radius 3 is 2.43 bits per heavy atom. The highest BCUT2D eigenvalue weighted by atomic mass is 19.1. The quantitative estimate of drug-likeness (QED) is 0.831. The van der Waals surface area contributed by atoms with E-state index in [4.69, 9.17) is 0 Å². The van der Waals surface area contributed by atoms with Gasteiger partial charge in [-0.3, -0.25) is 0 Å². The number of nitrogens with one attached hydrogen (secondary N) is 1. The van der Waals surface area contributed by atoms with E-state index in [2.05, 4.69) is 42.3 Å². The summed E-state index contributed by atoms with van der Waals surface area (Å²) >= 11 is 0. The Bertz CT molecular complexity index is 566. The molecule has 0 spiro atoms. The highest BCUT2D eigenvalue weighted by molar-refractivity contribution is 5.66. The lowest BCUT2D eigenvalue weighted by atomic mass is 10.0. The molecule has 0 aliphatic rings. The molecule has 0 radical (unpaired) electrons. The molecule has 3 heteroatoms. The van der Waals surface area contributed by atoms with Crippen LogP contribution in [0.15, 0.2) is 48.5 Å². The fourth-order valence-electron chi connectivity index (χ4n) is 2.43. The van der Waals surface area contributed by atoms with E-state index in [1.165, 1.54) is 17.7 Å². The lowest BCUT2D eigenvalue weighted by molar-refractivity contribution is 0.571. The number of anilines is 2. The summed E-state index contributed by atoms with van der Waals surface area (Å²) in [7, 11) is 2.01. The third kappa shape index (κ3) is 3.82. The molecule has 2 rings (SSSR count). The molecule has 1 N–H and O–H groups in total. The molecule has 2 aromatic carbocycles. The SMILES string of the molecule is CCCNC(C)c1ccccc1N(C)c1ccc(F)cc1. The highest BCUT2D eigenvalue weighted by Gasteiger charge is 2.13. The van der Waals surface area contributed by atoms with E-state index in [0.29, 0.717) is 0 Å². The summed E-state index contributed by atoms with van der Waals surface area (Å²) in [6, 6.07) is 15.2. The Balaban J connectivity index is 2.28. The molecular formula is C18H23FN2. The van der Waals surface area contributed by atoms with Gasteiger partial charge in [0.1, 0.15) is 5.82 Å². The normalized spacial score (nSPS) is 12.2. The van der Waals surface area contributed by atoms with Gasteiger partial charge >= 0.3 is 0 Å². The van der Waals surface area contributed by atoms with Crippen LogP contribution >= 0.6 is 0 Å². The van der Waals surface area contributed by atoms with E-state index in [0.717, 1.165) is 24.3 Å². The number of hydrogen-bond donors (Lipinski definition) is 1. The monoisotopic (exact) mass is 286 g/mol. The summed E-state index contributed by atoms with van der Waals surface area (Å²) in [5, 5.41) is 3.52. The summed E-state index contributed by atoms with van der Waals surface area (Å²) < 4.78 is 13.1. The van der Waals surface area contributed by atoms with Gasteiger partial charge in [-0.05, 0) is 55.8 Å². The van der Waals surface area contributed by atoms with Gasteiger partial charge in [0.25, 0.3) is 0 Å². The molecule has 2 aromatic rings. The molecular weight excluding hydrogens is 263 g/mol. The van der Waals surface area contributed by atoms with Gasteiger partial charge in [0, 0.05) is 24.5 Å². The van der Waals surface area contributed by atoms with Crippen molar-refractivity contribution in [1.82, 2.24) is 5.32 Å². The average Bonchev–Trinajstić information content (AvgIpc) is 2.52. The molecule has 112 valence electrons. The fraction of sp³-hybridized carbons (Fsp3) is 0.333. The van der Waals surface area contributed by atoms with Crippen molar-refractivity contribution in [2.24, 2.45) is 0 Å². The van der Waals surface area contributed by atoms with Crippen LogP contribution in [0.1, 0.15) is 31.9 Å². The van der Waals surface area contributed by atoms with Crippen molar-refractivity contribution < 1.29 is 4.39 Å². The van der Waals surface area contributed by atoms with Crippen molar-refractivity contribution in [2.45, 2.75) is 26.3 Å². The van der Waals surface area contributed by atoms with Gasteiger partial charge in [-0.15, -0.1) is 0 Å². The second kappa shape index (κ2) is 7.23. The third-order valence-electron chi connectivity index (χ3n) is 3.68. The lowest BCUT2D eigenvalue weighted by Gasteiger charge is -2.25. The maximum atomic E-state index is 13.1. The molecule has 21 heavy (non-hydrogen) atoms. The van der Waals surface area contributed by atoms with Gasteiger partial charge in [-0.25, -0.2) is 4.39 Å². The maximum Gasteiger partial charge on any atom is 0.123 e. The Hall–Kier alpha value is -1.87. The maximum absolute atomic E-state index is 13.1. The summed E-state index contributed by atoms with van der Waals surface area (Å²) in [5.74, 6) is -0.210. The zero-order valence-electron chi connectivity index (χ0n) is 12.9. The van der Waals surface area contributed by atoms with Crippen LogP contribution in [0.5, 0.6) is 0 Å². The van der Waals surface area contributed by atoms with E-state index in [1.54, 1.807) is 12.1 Å². The van der Waals surface area contributed by atoms with E-state index >= 15 is 0 Å². The Morgan fingerprint density at radius 2 is 1.76 bits per heavy atom. The molecule has 0 heterocycles. The Morgan fingerprint density at radius 1 is 1.10 bits per heavy atom. The zero-order valence-corrected chi connectivity index (χ0v) is 12.9. The number of hydrogen-bond acceptors (Lipinski definition) is 2. The minimum Gasteiger partial charge on any atom is -0.344 e. The average molecular weight is 286 g/mol. The molecule has 1 atom stereocenters. The van der Waals surface area contributed by atoms with Gasteiger partial charge < -0.3 is 10.2 Å². The van der Waals surface area contributed by atoms with Gasteiger partial charge in [-0.1, -0.05) is 25.1 Å². The first kappa shape index (κ1) is 15.5. The molecule has 0 aromatic heterocycles. The standard InChI is InChI=1S/C18H23FN2/c1-4-13-20-14(2)17-7-5-6-8-18(17)21(3)16-11-9-15(19)10-12-16/h5-12,14,20H,4,13H2,1-3H3. The second-order valence-electron chi connectivity index (χ2n) is 5.27. The number of halogens is 1.